The first-order chi connectivity index (χ1) is 14.3. The van der Waals surface area contributed by atoms with E-state index in [0.717, 1.165) is 34.3 Å². The molecule has 1 atom stereocenters. The number of aromatic nitrogens is 3. The number of benzene rings is 1. The summed E-state index contributed by atoms with van der Waals surface area (Å²) < 4.78 is 16.9. The van der Waals surface area contributed by atoms with Gasteiger partial charge in [0, 0.05) is 28.9 Å². The highest BCUT2D eigenvalue weighted by molar-refractivity contribution is 5.93. The quantitative estimate of drug-likeness (QED) is 0.596. The molecular weight excluding hydrogens is 377 g/mol. The van der Waals surface area contributed by atoms with E-state index in [1.54, 1.807) is 6.07 Å². The van der Waals surface area contributed by atoms with Crippen LogP contribution in [-0.2, 0) is 6.42 Å². The largest absolute Gasteiger partial charge is 0.350 e. The van der Waals surface area contributed by atoms with Crippen molar-refractivity contribution in [3.8, 4) is 11.1 Å². The predicted octanol–water partition coefficient (Wildman–Crippen LogP) is 5.81. The summed E-state index contributed by atoms with van der Waals surface area (Å²) in [4.78, 5) is 9.16. The van der Waals surface area contributed by atoms with Gasteiger partial charge in [0.1, 0.15) is 11.5 Å². The summed E-state index contributed by atoms with van der Waals surface area (Å²) in [7, 11) is 0. The lowest BCUT2D eigenvalue weighted by Crippen LogP contribution is -2.36. The van der Waals surface area contributed by atoms with Crippen LogP contribution in [0.25, 0.3) is 16.6 Å². The molecule has 0 amide bonds. The van der Waals surface area contributed by atoms with Crippen LogP contribution < -0.4 is 5.32 Å². The average Bonchev–Trinajstić information content (AvgIpc) is 3.09. The van der Waals surface area contributed by atoms with Crippen molar-refractivity contribution in [1.29, 1.82) is 0 Å². The Hall–Kier alpha value is -2.76. The van der Waals surface area contributed by atoms with Gasteiger partial charge in [0.25, 0.3) is 0 Å². The number of rotatable bonds is 4. The first-order valence-corrected chi connectivity index (χ1v) is 10.8. The molecule has 2 aromatic heterocycles. The number of halogens is 1. The van der Waals surface area contributed by atoms with E-state index in [4.69, 9.17) is 0 Å². The number of anilines is 1. The minimum Gasteiger partial charge on any atom is -0.350 e. The molecule has 0 saturated heterocycles. The number of hydrogen-bond donors (Lipinski definition) is 1. The molecule has 3 heterocycles. The second kappa shape index (κ2) is 6.89. The lowest BCUT2D eigenvalue weighted by Gasteiger charge is -2.37. The standard InChI is InChI=1S/C24H28FN5/c1-14(2)24(4)12-17-10-16(11-20(25)22(17)27-15(24)3)19-8-9-30-21(19)13-26-23(29-30)28-18-6-5-7-18/h8-11,13-14,18H,5-7,12H2,1-4H3,(H,28,29)/t24-/m0/s1. The fraction of sp³-hybridized carbons (Fsp3) is 0.458. The van der Waals surface area contributed by atoms with E-state index in [-0.39, 0.29) is 11.2 Å². The summed E-state index contributed by atoms with van der Waals surface area (Å²) >= 11 is 0. The molecule has 1 N–H and O–H groups in total. The molecule has 6 heteroatoms. The maximum atomic E-state index is 15.0. The maximum absolute atomic E-state index is 15.0. The zero-order valence-electron chi connectivity index (χ0n) is 18.0. The maximum Gasteiger partial charge on any atom is 0.241 e. The minimum absolute atomic E-state index is 0.0634. The van der Waals surface area contributed by atoms with E-state index >= 15 is 4.39 Å². The van der Waals surface area contributed by atoms with E-state index in [1.807, 2.05) is 29.9 Å². The van der Waals surface area contributed by atoms with Crippen LogP contribution in [0.3, 0.4) is 0 Å². The monoisotopic (exact) mass is 405 g/mol. The first-order valence-electron chi connectivity index (χ1n) is 10.8. The Morgan fingerprint density at radius 3 is 2.77 bits per heavy atom. The van der Waals surface area contributed by atoms with Gasteiger partial charge in [-0.05, 0) is 67.9 Å². The summed E-state index contributed by atoms with van der Waals surface area (Å²) in [6, 6.07) is 6.14. The van der Waals surface area contributed by atoms with Gasteiger partial charge in [-0.15, -0.1) is 5.10 Å². The third-order valence-corrected chi connectivity index (χ3v) is 7.25. The van der Waals surface area contributed by atoms with Gasteiger partial charge in [0.05, 0.1) is 11.7 Å². The van der Waals surface area contributed by atoms with E-state index in [2.05, 4.69) is 47.2 Å². The van der Waals surface area contributed by atoms with Crippen molar-refractivity contribution in [1.82, 2.24) is 14.6 Å². The van der Waals surface area contributed by atoms with E-state index in [1.165, 1.54) is 19.3 Å². The molecule has 30 heavy (non-hydrogen) atoms. The first kappa shape index (κ1) is 19.2. The molecule has 3 aromatic rings. The number of aliphatic imine (C=N–C) groups is 1. The zero-order valence-corrected chi connectivity index (χ0v) is 18.0. The Morgan fingerprint density at radius 1 is 1.27 bits per heavy atom. The van der Waals surface area contributed by atoms with Gasteiger partial charge in [0.15, 0.2) is 0 Å². The highest BCUT2D eigenvalue weighted by Gasteiger charge is 2.36. The summed E-state index contributed by atoms with van der Waals surface area (Å²) in [5.74, 6) is 0.797. The van der Waals surface area contributed by atoms with Crippen LogP contribution in [0.5, 0.6) is 0 Å². The second-order valence-corrected chi connectivity index (χ2v) is 9.33. The normalized spacial score (nSPS) is 21.5. The number of fused-ring (bicyclic) bond motifs is 2. The molecule has 1 aliphatic carbocycles. The summed E-state index contributed by atoms with van der Waals surface area (Å²) in [6.45, 7) is 8.66. The number of nitrogens with zero attached hydrogens (tertiary/aromatic N) is 4. The third kappa shape index (κ3) is 3.01. The van der Waals surface area contributed by atoms with Crippen LogP contribution in [0.1, 0.15) is 52.5 Å². The molecule has 1 fully saturated rings. The molecule has 156 valence electrons. The topological polar surface area (TPSA) is 54.6 Å². The minimum atomic E-state index is -0.267. The highest BCUT2D eigenvalue weighted by Crippen LogP contribution is 2.43. The van der Waals surface area contributed by atoms with E-state index in [0.29, 0.717) is 23.6 Å². The zero-order chi connectivity index (χ0) is 21.0. The number of nitrogens with one attached hydrogen (secondary N) is 1. The van der Waals surface area contributed by atoms with Gasteiger partial charge >= 0.3 is 0 Å². The molecule has 5 rings (SSSR count). The van der Waals surface area contributed by atoms with Crippen LogP contribution in [0.4, 0.5) is 16.0 Å². The molecule has 5 nitrogen and oxygen atoms in total. The van der Waals surface area contributed by atoms with Crippen molar-refractivity contribution in [2.45, 2.75) is 59.4 Å². The van der Waals surface area contributed by atoms with Gasteiger partial charge < -0.3 is 5.32 Å². The molecule has 1 aromatic carbocycles. The van der Waals surface area contributed by atoms with Gasteiger partial charge in [-0.1, -0.05) is 20.8 Å². The van der Waals surface area contributed by atoms with Crippen molar-refractivity contribution in [3.05, 3.63) is 42.0 Å². The van der Waals surface area contributed by atoms with Gasteiger partial charge in [0.2, 0.25) is 5.95 Å². The van der Waals surface area contributed by atoms with Crippen LogP contribution in [0.15, 0.2) is 35.6 Å². The van der Waals surface area contributed by atoms with Crippen LogP contribution in [-0.4, -0.2) is 26.4 Å². The molecule has 0 bridgehead atoms. The van der Waals surface area contributed by atoms with Crippen molar-refractivity contribution in [2.24, 2.45) is 16.3 Å². The fourth-order valence-corrected chi connectivity index (χ4v) is 4.46. The second-order valence-electron chi connectivity index (χ2n) is 9.33. The molecule has 1 aliphatic heterocycles. The van der Waals surface area contributed by atoms with Crippen molar-refractivity contribution in [3.63, 3.8) is 0 Å². The molecular formula is C24H28FN5. The van der Waals surface area contributed by atoms with Crippen LogP contribution in [0.2, 0.25) is 0 Å². The molecule has 1 saturated carbocycles. The van der Waals surface area contributed by atoms with Crippen LogP contribution >= 0.6 is 0 Å². The van der Waals surface area contributed by atoms with E-state index in [9.17, 15) is 0 Å². The SMILES string of the molecule is CC1=Nc2c(F)cc(-c3ccn4nc(NC5CCC5)ncc34)cc2C[C@@]1(C)C(C)C. The predicted molar refractivity (Wildman–Crippen MR) is 119 cm³/mol. The lowest BCUT2D eigenvalue weighted by atomic mass is 9.69. The van der Waals surface area contributed by atoms with Gasteiger partial charge in [-0.3, -0.25) is 4.99 Å². The third-order valence-electron chi connectivity index (χ3n) is 7.25. The Morgan fingerprint density at radius 2 is 2.07 bits per heavy atom. The molecule has 0 unspecified atom stereocenters. The van der Waals surface area contributed by atoms with Crippen molar-refractivity contribution in [2.75, 3.05) is 5.32 Å². The number of hydrogen-bond acceptors (Lipinski definition) is 4. The average molecular weight is 406 g/mol. The smallest absolute Gasteiger partial charge is 0.241 e. The van der Waals surface area contributed by atoms with E-state index < -0.39 is 0 Å². The summed E-state index contributed by atoms with van der Waals surface area (Å²) in [5.41, 5.74) is 5.05. The Balaban J connectivity index is 1.54. The summed E-state index contributed by atoms with van der Waals surface area (Å²) in [5, 5.41) is 7.96. The Labute approximate surface area is 176 Å². The fourth-order valence-electron chi connectivity index (χ4n) is 4.46. The molecule has 0 radical (unpaired) electrons. The summed E-state index contributed by atoms with van der Waals surface area (Å²) in [6.07, 6.45) is 8.13. The van der Waals surface area contributed by atoms with Gasteiger partial charge in [-0.2, -0.15) is 0 Å². The van der Waals surface area contributed by atoms with Crippen molar-refractivity contribution >= 4 is 22.9 Å². The Bertz CT molecular complexity index is 1160. The highest BCUT2D eigenvalue weighted by atomic mass is 19.1. The molecule has 2 aliphatic rings. The van der Waals surface area contributed by atoms with Crippen LogP contribution in [0, 0.1) is 17.2 Å². The lowest BCUT2D eigenvalue weighted by molar-refractivity contribution is 0.321. The van der Waals surface area contributed by atoms with Crippen molar-refractivity contribution < 1.29 is 4.39 Å². The Kier molecular flexibility index (Phi) is 4.42. The molecule has 0 spiro atoms. The van der Waals surface area contributed by atoms with Gasteiger partial charge in [-0.25, -0.2) is 13.9 Å².